The molecule has 21 heavy (non-hydrogen) atoms. The van der Waals surface area contributed by atoms with Gasteiger partial charge in [-0.05, 0) is 12.1 Å². The second kappa shape index (κ2) is 6.75. The van der Waals surface area contributed by atoms with Gasteiger partial charge in [-0.3, -0.25) is 0 Å². The van der Waals surface area contributed by atoms with Crippen molar-refractivity contribution in [1.82, 2.24) is 10.1 Å². The summed E-state index contributed by atoms with van der Waals surface area (Å²) in [5, 5.41) is 4.29. The highest BCUT2D eigenvalue weighted by Gasteiger charge is 2.19. The van der Waals surface area contributed by atoms with Gasteiger partial charge in [0.25, 0.3) is 5.89 Å². The lowest BCUT2D eigenvalue weighted by Gasteiger charge is -2.10. The zero-order valence-corrected chi connectivity index (χ0v) is 12.7. The maximum atomic E-state index is 6.15. The van der Waals surface area contributed by atoms with E-state index < -0.39 is 6.10 Å². The van der Waals surface area contributed by atoms with Gasteiger partial charge in [-0.1, -0.05) is 16.8 Å². The Morgan fingerprint density at radius 3 is 2.62 bits per heavy atom. The van der Waals surface area contributed by atoms with Crippen molar-refractivity contribution in [3.8, 4) is 22.9 Å². The standard InChI is InChI=1S/C13H16ClN3O4/c1-18-9-5-7(4-8(14)11(9)20-3)12-16-13(21-17-12)10(6-15)19-2/h4-5,10H,6,15H2,1-3H3. The second-order valence-corrected chi connectivity index (χ2v) is 4.52. The van der Waals surface area contributed by atoms with Crippen LogP contribution in [0.4, 0.5) is 0 Å². The summed E-state index contributed by atoms with van der Waals surface area (Å²) in [4.78, 5) is 4.26. The number of nitrogens with zero attached hydrogens (tertiary/aromatic N) is 2. The van der Waals surface area contributed by atoms with Crippen LogP contribution >= 0.6 is 11.6 Å². The van der Waals surface area contributed by atoms with Crippen LogP contribution in [-0.4, -0.2) is 38.0 Å². The molecule has 0 saturated carbocycles. The summed E-state index contributed by atoms with van der Waals surface area (Å²) in [6.07, 6.45) is -0.443. The van der Waals surface area contributed by atoms with Crippen molar-refractivity contribution in [3.63, 3.8) is 0 Å². The smallest absolute Gasteiger partial charge is 0.257 e. The number of rotatable bonds is 6. The van der Waals surface area contributed by atoms with E-state index in [2.05, 4.69) is 10.1 Å². The van der Waals surface area contributed by atoms with E-state index in [-0.39, 0.29) is 6.54 Å². The molecule has 1 atom stereocenters. The molecule has 2 aromatic rings. The monoisotopic (exact) mass is 313 g/mol. The largest absolute Gasteiger partial charge is 0.493 e. The normalized spacial score (nSPS) is 12.2. The van der Waals surface area contributed by atoms with Gasteiger partial charge in [0.05, 0.1) is 19.2 Å². The highest BCUT2D eigenvalue weighted by Crippen LogP contribution is 2.38. The number of hydrogen-bond donors (Lipinski definition) is 1. The highest BCUT2D eigenvalue weighted by molar-refractivity contribution is 6.32. The minimum absolute atomic E-state index is 0.241. The first kappa shape index (κ1) is 15.6. The quantitative estimate of drug-likeness (QED) is 0.872. The minimum atomic E-state index is -0.443. The van der Waals surface area contributed by atoms with Crippen LogP contribution in [-0.2, 0) is 4.74 Å². The number of halogens is 1. The van der Waals surface area contributed by atoms with E-state index >= 15 is 0 Å². The van der Waals surface area contributed by atoms with Gasteiger partial charge in [0.15, 0.2) is 11.5 Å². The molecule has 2 rings (SSSR count). The Morgan fingerprint density at radius 1 is 1.29 bits per heavy atom. The Balaban J connectivity index is 2.41. The van der Waals surface area contributed by atoms with Gasteiger partial charge in [-0.2, -0.15) is 4.98 Å². The predicted octanol–water partition coefficient (Wildman–Crippen LogP) is 2.05. The molecule has 1 aromatic carbocycles. The Morgan fingerprint density at radius 2 is 2.05 bits per heavy atom. The highest BCUT2D eigenvalue weighted by atomic mass is 35.5. The van der Waals surface area contributed by atoms with E-state index in [1.54, 1.807) is 12.1 Å². The molecule has 1 aromatic heterocycles. The summed E-state index contributed by atoms with van der Waals surface area (Å²) in [6, 6.07) is 3.38. The molecule has 1 heterocycles. The summed E-state index contributed by atoms with van der Waals surface area (Å²) in [5.41, 5.74) is 6.20. The molecular formula is C13H16ClN3O4. The first-order valence-corrected chi connectivity index (χ1v) is 6.50. The van der Waals surface area contributed by atoms with Crippen molar-refractivity contribution in [2.75, 3.05) is 27.9 Å². The molecule has 0 spiro atoms. The summed E-state index contributed by atoms with van der Waals surface area (Å²) in [6.45, 7) is 0.241. The molecule has 2 N–H and O–H groups in total. The first-order chi connectivity index (χ1) is 10.1. The van der Waals surface area contributed by atoms with Crippen molar-refractivity contribution in [1.29, 1.82) is 0 Å². The Labute approximate surface area is 126 Å². The number of nitrogens with two attached hydrogens (primary N) is 1. The summed E-state index contributed by atoms with van der Waals surface area (Å²) in [5.74, 6) is 1.60. The second-order valence-electron chi connectivity index (χ2n) is 4.11. The van der Waals surface area contributed by atoms with Gasteiger partial charge in [-0.25, -0.2) is 0 Å². The molecule has 0 aliphatic rings. The molecule has 1 unspecified atom stereocenters. The molecule has 0 fully saturated rings. The topological polar surface area (TPSA) is 92.6 Å². The molecular weight excluding hydrogens is 298 g/mol. The number of aromatic nitrogens is 2. The lowest BCUT2D eigenvalue weighted by Crippen LogP contribution is -2.14. The Bertz CT molecular complexity index is 613. The summed E-state index contributed by atoms with van der Waals surface area (Å²) < 4.78 is 20.7. The average molecular weight is 314 g/mol. The van der Waals surface area contributed by atoms with Gasteiger partial charge in [0.1, 0.15) is 6.10 Å². The van der Waals surface area contributed by atoms with Crippen LogP contribution in [0.15, 0.2) is 16.7 Å². The molecule has 0 aliphatic carbocycles. The third kappa shape index (κ3) is 3.10. The van der Waals surface area contributed by atoms with Crippen LogP contribution < -0.4 is 15.2 Å². The van der Waals surface area contributed by atoms with Crippen LogP contribution in [0.25, 0.3) is 11.4 Å². The van der Waals surface area contributed by atoms with E-state index in [1.165, 1.54) is 21.3 Å². The maximum Gasteiger partial charge on any atom is 0.257 e. The van der Waals surface area contributed by atoms with Gasteiger partial charge >= 0.3 is 0 Å². The van der Waals surface area contributed by atoms with E-state index in [1.807, 2.05) is 0 Å². The molecule has 0 aliphatic heterocycles. The van der Waals surface area contributed by atoms with E-state index in [4.69, 9.17) is 36.1 Å². The van der Waals surface area contributed by atoms with Crippen LogP contribution in [0.1, 0.15) is 12.0 Å². The van der Waals surface area contributed by atoms with Crippen LogP contribution in [0.2, 0.25) is 5.02 Å². The van der Waals surface area contributed by atoms with Crippen molar-refractivity contribution < 1.29 is 18.7 Å². The fraction of sp³-hybridized carbons (Fsp3) is 0.385. The molecule has 114 valence electrons. The van der Waals surface area contributed by atoms with Crippen molar-refractivity contribution >= 4 is 11.6 Å². The molecule has 0 saturated heterocycles. The van der Waals surface area contributed by atoms with E-state index in [9.17, 15) is 0 Å². The third-order valence-electron chi connectivity index (χ3n) is 2.91. The predicted molar refractivity (Wildman–Crippen MR) is 76.7 cm³/mol. The summed E-state index contributed by atoms with van der Waals surface area (Å²) >= 11 is 6.15. The lowest BCUT2D eigenvalue weighted by atomic mass is 10.2. The third-order valence-corrected chi connectivity index (χ3v) is 3.19. The molecule has 7 nitrogen and oxygen atoms in total. The lowest BCUT2D eigenvalue weighted by molar-refractivity contribution is 0.0804. The summed E-state index contributed by atoms with van der Waals surface area (Å²) in [7, 11) is 4.56. The fourth-order valence-electron chi connectivity index (χ4n) is 1.83. The number of hydrogen-bond acceptors (Lipinski definition) is 7. The SMILES string of the molecule is COc1cc(-c2noc(C(CN)OC)n2)cc(Cl)c1OC. The Kier molecular flexibility index (Phi) is 5.00. The van der Waals surface area contributed by atoms with Crippen LogP contribution in [0.3, 0.4) is 0 Å². The van der Waals surface area contributed by atoms with E-state index in [0.717, 1.165) is 0 Å². The Hall–Kier alpha value is -1.83. The number of methoxy groups -OCH3 is 3. The molecule has 0 radical (unpaired) electrons. The van der Waals surface area contributed by atoms with Crippen LogP contribution in [0.5, 0.6) is 11.5 Å². The van der Waals surface area contributed by atoms with Crippen LogP contribution in [0, 0.1) is 0 Å². The van der Waals surface area contributed by atoms with Gasteiger partial charge < -0.3 is 24.5 Å². The fourth-order valence-corrected chi connectivity index (χ4v) is 2.12. The minimum Gasteiger partial charge on any atom is -0.493 e. The first-order valence-electron chi connectivity index (χ1n) is 6.13. The molecule has 8 heteroatoms. The molecule has 0 bridgehead atoms. The van der Waals surface area contributed by atoms with Crippen molar-refractivity contribution in [2.45, 2.75) is 6.10 Å². The maximum absolute atomic E-state index is 6.15. The van der Waals surface area contributed by atoms with Crippen molar-refractivity contribution in [3.05, 3.63) is 23.0 Å². The van der Waals surface area contributed by atoms with E-state index in [0.29, 0.717) is 33.8 Å². The van der Waals surface area contributed by atoms with Gasteiger partial charge in [-0.15, -0.1) is 0 Å². The average Bonchev–Trinajstić information content (AvgIpc) is 2.97. The van der Waals surface area contributed by atoms with Gasteiger partial charge in [0, 0.05) is 19.2 Å². The zero-order chi connectivity index (χ0) is 15.4. The molecule has 0 amide bonds. The number of ether oxygens (including phenoxy) is 3. The van der Waals surface area contributed by atoms with Crippen molar-refractivity contribution in [2.24, 2.45) is 5.73 Å². The number of benzene rings is 1. The van der Waals surface area contributed by atoms with Gasteiger partial charge in [0.2, 0.25) is 5.82 Å². The zero-order valence-electron chi connectivity index (χ0n) is 11.9.